The summed E-state index contributed by atoms with van der Waals surface area (Å²) in [6.07, 6.45) is 0.249. The number of phenolic OH excluding ortho intramolecular Hbond substituents is 1. The molecule has 1 aromatic carbocycles. The number of carbonyl (C=O) groups excluding carboxylic acids is 1. The van der Waals surface area contributed by atoms with Gasteiger partial charge in [0, 0.05) is 17.3 Å². The summed E-state index contributed by atoms with van der Waals surface area (Å²) >= 11 is 3.10. The molecule has 1 aromatic rings. The molecule has 0 aliphatic carbocycles. The number of rotatable bonds is 5. The SMILES string of the molecule is O=C(CCBr)c1ccc(O)c(OC(F)F)c1. The number of phenols is 1. The van der Waals surface area contributed by atoms with E-state index in [1.807, 2.05) is 0 Å². The van der Waals surface area contributed by atoms with Crippen molar-refractivity contribution in [2.24, 2.45) is 0 Å². The normalized spacial score (nSPS) is 10.5. The average Bonchev–Trinajstić information content (AvgIpc) is 2.21. The van der Waals surface area contributed by atoms with E-state index in [0.29, 0.717) is 5.33 Å². The van der Waals surface area contributed by atoms with E-state index in [0.717, 1.165) is 12.1 Å². The summed E-state index contributed by atoms with van der Waals surface area (Å²) in [5, 5.41) is 9.70. The van der Waals surface area contributed by atoms with Gasteiger partial charge >= 0.3 is 6.61 Å². The number of carbonyl (C=O) groups is 1. The molecule has 0 bridgehead atoms. The highest BCUT2D eigenvalue weighted by atomic mass is 79.9. The fraction of sp³-hybridized carbons (Fsp3) is 0.300. The first-order chi connectivity index (χ1) is 7.54. The number of benzene rings is 1. The molecule has 0 unspecified atom stereocenters. The van der Waals surface area contributed by atoms with E-state index in [1.54, 1.807) is 0 Å². The molecule has 0 saturated carbocycles. The summed E-state index contributed by atoms with van der Waals surface area (Å²) < 4.78 is 28.0. The van der Waals surface area contributed by atoms with Gasteiger partial charge in [0.25, 0.3) is 0 Å². The van der Waals surface area contributed by atoms with Crippen LogP contribution in [0.5, 0.6) is 11.5 Å². The van der Waals surface area contributed by atoms with Gasteiger partial charge < -0.3 is 9.84 Å². The number of Topliss-reactive ketones (excluding diaryl/α,β-unsaturated/α-hetero) is 1. The summed E-state index contributed by atoms with van der Waals surface area (Å²) in [6.45, 7) is -3.03. The molecule has 88 valence electrons. The lowest BCUT2D eigenvalue weighted by atomic mass is 10.1. The van der Waals surface area contributed by atoms with E-state index in [1.165, 1.54) is 6.07 Å². The lowest BCUT2D eigenvalue weighted by molar-refractivity contribution is -0.0512. The molecule has 0 aliphatic heterocycles. The summed E-state index contributed by atoms with van der Waals surface area (Å²) in [5.74, 6) is -1.03. The first-order valence-corrected chi connectivity index (χ1v) is 5.53. The van der Waals surface area contributed by atoms with E-state index >= 15 is 0 Å². The zero-order valence-corrected chi connectivity index (χ0v) is 9.71. The molecule has 0 aromatic heterocycles. The predicted molar refractivity (Wildman–Crippen MR) is 57.5 cm³/mol. The molecule has 0 atom stereocenters. The third-order valence-corrected chi connectivity index (χ3v) is 2.22. The molecule has 0 amide bonds. The Hall–Kier alpha value is -1.17. The van der Waals surface area contributed by atoms with Crippen LogP contribution in [-0.2, 0) is 0 Å². The highest BCUT2D eigenvalue weighted by Crippen LogP contribution is 2.28. The van der Waals surface area contributed by atoms with Gasteiger partial charge in [-0.3, -0.25) is 4.79 Å². The molecule has 0 radical (unpaired) electrons. The van der Waals surface area contributed by atoms with Crippen molar-refractivity contribution in [2.45, 2.75) is 13.0 Å². The minimum absolute atomic E-state index is 0.212. The zero-order chi connectivity index (χ0) is 12.1. The minimum Gasteiger partial charge on any atom is -0.504 e. The van der Waals surface area contributed by atoms with Crippen molar-refractivity contribution in [3.8, 4) is 11.5 Å². The van der Waals surface area contributed by atoms with Crippen LogP contribution in [0.15, 0.2) is 18.2 Å². The predicted octanol–water partition coefficient (Wildman–Crippen LogP) is 2.96. The van der Waals surface area contributed by atoms with Gasteiger partial charge in [-0.15, -0.1) is 0 Å². The van der Waals surface area contributed by atoms with Crippen LogP contribution in [0.1, 0.15) is 16.8 Å². The van der Waals surface area contributed by atoms with Crippen LogP contribution in [0, 0.1) is 0 Å². The van der Waals surface area contributed by atoms with Gasteiger partial charge in [0.15, 0.2) is 17.3 Å². The van der Waals surface area contributed by atoms with Crippen molar-refractivity contribution in [3.05, 3.63) is 23.8 Å². The molecule has 0 heterocycles. The number of halogens is 3. The van der Waals surface area contributed by atoms with Crippen LogP contribution >= 0.6 is 15.9 Å². The topological polar surface area (TPSA) is 46.5 Å². The van der Waals surface area contributed by atoms with Crippen molar-refractivity contribution >= 4 is 21.7 Å². The Balaban J connectivity index is 2.93. The standard InChI is InChI=1S/C10H9BrF2O3/c11-4-3-7(14)6-1-2-8(15)9(5-6)16-10(12)13/h1-2,5,10,15H,3-4H2. The van der Waals surface area contributed by atoms with E-state index in [-0.39, 0.29) is 17.8 Å². The average molecular weight is 295 g/mol. The summed E-state index contributed by atoms with van der Waals surface area (Å²) in [4.78, 5) is 11.4. The Morgan fingerprint density at radius 3 is 2.75 bits per heavy atom. The van der Waals surface area contributed by atoms with Crippen LogP contribution in [0.4, 0.5) is 8.78 Å². The van der Waals surface area contributed by atoms with Gasteiger partial charge in [-0.05, 0) is 18.2 Å². The Morgan fingerprint density at radius 2 is 2.19 bits per heavy atom. The fourth-order valence-corrected chi connectivity index (χ4v) is 1.47. The van der Waals surface area contributed by atoms with E-state index in [2.05, 4.69) is 20.7 Å². The highest BCUT2D eigenvalue weighted by Gasteiger charge is 2.13. The molecule has 1 rings (SSSR count). The van der Waals surface area contributed by atoms with Gasteiger partial charge in [0.2, 0.25) is 0 Å². The number of hydrogen-bond donors (Lipinski definition) is 1. The third-order valence-electron chi connectivity index (χ3n) is 1.82. The first kappa shape index (κ1) is 12.9. The van der Waals surface area contributed by atoms with Gasteiger partial charge in [-0.25, -0.2) is 0 Å². The largest absolute Gasteiger partial charge is 0.504 e. The number of hydrogen-bond acceptors (Lipinski definition) is 3. The Morgan fingerprint density at radius 1 is 1.50 bits per heavy atom. The van der Waals surface area contributed by atoms with Crippen LogP contribution in [-0.4, -0.2) is 22.8 Å². The second-order valence-electron chi connectivity index (χ2n) is 2.92. The van der Waals surface area contributed by atoms with Gasteiger partial charge in [0.05, 0.1) is 0 Å². The van der Waals surface area contributed by atoms with Gasteiger partial charge in [-0.1, -0.05) is 15.9 Å². The van der Waals surface area contributed by atoms with Crippen molar-refractivity contribution in [3.63, 3.8) is 0 Å². The van der Waals surface area contributed by atoms with Crippen molar-refractivity contribution < 1.29 is 23.4 Å². The molecule has 0 aliphatic rings. The summed E-state index contributed by atoms with van der Waals surface area (Å²) in [6, 6.07) is 3.62. The molecular formula is C10H9BrF2O3. The molecule has 6 heteroatoms. The van der Waals surface area contributed by atoms with Crippen molar-refractivity contribution in [1.82, 2.24) is 0 Å². The van der Waals surface area contributed by atoms with E-state index < -0.39 is 18.1 Å². The number of ketones is 1. The smallest absolute Gasteiger partial charge is 0.387 e. The van der Waals surface area contributed by atoms with E-state index in [4.69, 9.17) is 0 Å². The molecule has 16 heavy (non-hydrogen) atoms. The summed E-state index contributed by atoms with van der Waals surface area (Å²) in [5.41, 5.74) is 0.230. The van der Waals surface area contributed by atoms with Crippen LogP contribution < -0.4 is 4.74 Å². The first-order valence-electron chi connectivity index (χ1n) is 4.41. The van der Waals surface area contributed by atoms with Crippen LogP contribution in [0.3, 0.4) is 0 Å². The molecule has 0 saturated heterocycles. The van der Waals surface area contributed by atoms with Gasteiger partial charge in [0.1, 0.15) is 0 Å². The number of alkyl halides is 3. The third kappa shape index (κ3) is 3.44. The fourth-order valence-electron chi connectivity index (χ4n) is 1.11. The minimum atomic E-state index is -3.03. The maximum Gasteiger partial charge on any atom is 0.387 e. The Bertz CT molecular complexity index is 382. The quantitative estimate of drug-likeness (QED) is 0.671. The lowest BCUT2D eigenvalue weighted by Gasteiger charge is -2.08. The Kier molecular flexibility index (Phi) is 4.67. The maximum atomic E-state index is 12.0. The monoisotopic (exact) mass is 294 g/mol. The maximum absolute atomic E-state index is 12.0. The van der Waals surface area contributed by atoms with Crippen molar-refractivity contribution in [2.75, 3.05) is 5.33 Å². The molecule has 0 fully saturated rings. The van der Waals surface area contributed by atoms with Crippen LogP contribution in [0.25, 0.3) is 0 Å². The second kappa shape index (κ2) is 5.79. The molecule has 1 N–H and O–H groups in total. The highest BCUT2D eigenvalue weighted by molar-refractivity contribution is 9.09. The molecule has 0 spiro atoms. The number of ether oxygens (including phenoxy) is 1. The lowest BCUT2D eigenvalue weighted by Crippen LogP contribution is -2.04. The van der Waals surface area contributed by atoms with E-state index in [9.17, 15) is 18.7 Å². The Labute approximate surface area is 99.2 Å². The molecular weight excluding hydrogens is 286 g/mol. The van der Waals surface area contributed by atoms with Gasteiger partial charge in [-0.2, -0.15) is 8.78 Å². The van der Waals surface area contributed by atoms with Crippen molar-refractivity contribution in [1.29, 1.82) is 0 Å². The number of aromatic hydroxyl groups is 1. The molecule has 3 nitrogen and oxygen atoms in total. The van der Waals surface area contributed by atoms with Crippen LogP contribution in [0.2, 0.25) is 0 Å². The second-order valence-corrected chi connectivity index (χ2v) is 3.72. The summed E-state index contributed by atoms with van der Waals surface area (Å²) in [7, 11) is 0. The zero-order valence-electron chi connectivity index (χ0n) is 8.12.